The van der Waals surface area contributed by atoms with Crippen LogP contribution < -0.4 is 10.1 Å². The Balaban J connectivity index is 1.74. The second kappa shape index (κ2) is 12.1. The number of amides is 1. The lowest BCUT2D eigenvalue weighted by atomic mass is 9.99. The molecule has 2 aliphatic rings. The summed E-state index contributed by atoms with van der Waals surface area (Å²) in [6.45, 7) is 5.99. The highest BCUT2D eigenvalue weighted by Crippen LogP contribution is 2.34. The van der Waals surface area contributed by atoms with Gasteiger partial charge in [0.1, 0.15) is 16.5 Å². The number of piperidine rings is 1. The highest BCUT2D eigenvalue weighted by molar-refractivity contribution is 7.89. The van der Waals surface area contributed by atoms with Gasteiger partial charge in [0.2, 0.25) is 10.0 Å². The Morgan fingerprint density at radius 2 is 1.79 bits per heavy atom. The second-order valence-electron chi connectivity index (χ2n) is 9.41. The van der Waals surface area contributed by atoms with Crippen LogP contribution in [-0.2, 0) is 19.6 Å². The van der Waals surface area contributed by atoms with Gasteiger partial charge in [0, 0.05) is 23.9 Å². The molecule has 11 heteroatoms. The molecular formula is C28H34N4O6S. The highest BCUT2D eigenvalue weighted by Gasteiger charge is 2.36. The van der Waals surface area contributed by atoms with Crippen LogP contribution in [0, 0.1) is 5.92 Å². The van der Waals surface area contributed by atoms with Gasteiger partial charge in [-0.2, -0.15) is 4.31 Å². The molecule has 4 rings (SSSR count). The first kappa shape index (κ1) is 28.4. The number of sulfonamides is 1. The third kappa shape index (κ3) is 5.89. The predicted molar refractivity (Wildman–Crippen MR) is 149 cm³/mol. The van der Waals surface area contributed by atoms with Crippen LogP contribution >= 0.6 is 0 Å². The quantitative estimate of drug-likeness (QED) is 0.506. The molecule has 39 heavy (non-hydrogen) atoms. The molecule has 10 nitrogen and oxygen atoms in total. The lowest BCUT2D eigenvalue weighted by Gasteiger charge is -2.32. The van der Waals surface area contributed by atoms with Crippen LogP contribution in [0.1, 0.15) is 56.8 Å². The Labute approximate surface area is 229 Å². The van der Waals surface area contributed by atoms with Crippen LogP contribution in [0.15, 0.2) is 57.3 Å². The maximum Gasteiger partial charge on any atom is 0.322 e. The number of nitrogens with zero attached hydrogens (tertiary/aromatic N) is 3. The number of rotatable bonds is 7. The summed E-state index contributed by atoms with van der Waals surface area (Å²) in [5.74, 6) is -2.02. The highest BCUT2D eigenvalue weighted by atomic mass is 32.2. The van der Waals surface area contributed by atoms with Crippen LogP contribution in [0.5, 0.6) is 5.75 Å². The van der Waals surface area contributed by atoms with Crippen molar-refractivity contribution in [1.29, 1.82) is 0 Å². The van der Waals surface area contributed by atoms with Crippen LogP contribution in [0.4, 0.5) is 11.4 Å². The number of hydrogen-bond donors (Lipinski definition) is 1. The normalized spacial score (nSPS) is 19.7. The monoisotopic (exact) mass is 554 g/mol. The molecular weight excluding hydrogens is 520 g/mol. The van der Waals surface area contributed by atoms with Gasteiger partial charge in [0.15, 0.2) is 5.92 Å². The molecule has 1 fully saturated rings. The average Bonchev–Trinajstić information content (AvgIpc) is 3.09. The van der Waals surface area contributed by atoms with E-state index >= 15 is 0 Å². The molecule has 2 unspecified atom stereocenters. The molecule has 0 spiro atoms. The van der Waals surface area contributed by atoms with Crippen molar-refractivity contribution in [1.82, 2.24) is 9.62 Å². The first-order valence-corrected chi connectivity index (χ1v) is 14.6. The Hall–Kier alpha value is -3.57. The molecule has 2 atom stereocenters. The fourth-order valence-electron chi connectivity index (χ4n) is 4.84. The summed E-state index contributed by atoms with van der Waals surface area (Å²) >= 11 is 0. The Bertz CT molecular complexity index is 1420. The number of hydrogen-bond acceptors (Lipinski definition) is 8. The van der Waals surface area contributed by atoms with E-state index < -0.39 is 27.8 Å². The molecule has 0 saturated carbocycles. The molecule has 1 saturated heterocycles. The fraction of sp³-hybridized carbons (Fsp3) is 0.429. The minimum atomic E-state index is -3.93. The van der Waals surface area contributed by atoms with Gasteiger partial charge in [-0.1, -0.05) is 25.5 Å². The van der Waals surface area contributed by atoms with Crippen molar-refractivity contribution in [3.63, 3.8) is 0 Å². The van der Waals surface area contributed by atoms with Gasteiger partial charge in [-0.05, 0) is 63.4 Å². The van der Waals surface area contributed by atoms with Gasteiger partial charge in [-0.25, -0.2) is 13.4 Å². The molecule has 2 aromatic carbocycles. The number of para-hydroxylation sites is 2. The number of esters is 1. The number of carbonyl (C=O) groups is 2. The molecule has 0 aromatic heterocycles. The SMILES string of the molecule is CCOC(=O)C1C(CC)=Nc2ccccc2N=C1NC(=O)c1ccc(OC)c(S(=O)(=O)N2CCCCC2C)c1. The largest absolute Gasteiger partial charge is 0.495 e. The topological polar surface area (TPSA) is 127 Å². The van der Waals surface area contributed by atoms with E-state index in [2.05, 4.69) is 15.3 Å². The van der Waals surface area contributed by atoms with Crippen LogP contribution in [0.3, 0.4) is 0 Å². The second-order valence-corrected chi connectivity index (χ2v) is 11.3. The van der Waals surface area contributed by atoms with Crippen molar-refractivity contribution < 1.29 is 27.5 Å². The zero-order chi connectivity index (χ0) is 28.2. The van der Waals surface area contributed by atoms with Gasteiger partial charge in [-0.3, -0.25) is 14.6 Å². The minimum absolute atomic E-state index is 0.0638. The molecule has 0 radical (unpaired) electrons. The van der Waals surface area contributed by atoms with Crippen molar-refractivity contribution in [2.45, 2.75) is 57.4 Å². The Morgan fingerprint density at radius 3 is 2.44 bits per heavy atom. The van der Waals surface area contributed by atoms with E-state index in [0.29, 0.717) is 30.1 Å². The molecule has 0 bridgehead atoms. The fourth-order valence-corrected chi connectivity index (χ4v) is 6.73. The summed E-state index contributed by atoms with van der Waals surface area (Å²) in [6, 6.07) is 11.2. The number of benzene rings is 2. The smallest absolute Gasteiger partial charge is 0.322 e. The number of fused-ring (bicyclic) bond motifs is 1. The predicted octanol–water partition coefficient (Wildman–Crippen LogP) is 4.39. The summed E-state index contributed by atoms with van der Waals surface area (Å²) in [5.41, 5.74) is 1.63. The van der Waals surface area contributed by atoms with E-state index in [-0.39, 0.29) is 34.7 Å². The zero-order valence-electron chi connectivity index (χ0n) is 22.6. The molecule has 0 aliphatic carbocycles. The standard InChI is InChI=1S/C28H34N4O6S/c1-5-20-25(28(34)38-6-2)26(30-22-13-8-7-12-21(22)29-20)31-27(33)19-14-15-23(37-4)24(17-19)39(35,36)32-16-10-9-11-18(32)3/h7-8,12-15,17-18,25H,5-6,9-11,16H2,1-4H3,(H,30,31,33). The van der Waals surface area contributed by atoms with E-state index in [0.717, 1.165) is 19.3 Å². The van der Waals surface area contributed by atoms with Crippen molar-refractivity contribution in [2.75, 3.05) is 20.3 Å². The molecule has 208 valence electrons. The van der Waals surface area contributed by atoms with Gasteiger partial charge in [0.25, 0.3) is 5.91 Å². The van der Waals surface area contributed by atoms with E-state index in [1.807, 2.05) is 19.9 Å². The van der Waals surface area contributed by atoms with Gasteiger partial charge in [-0.15, -0.1) is 0 Å². The van der Waals surface area contributed by atoms with E-state index in [1.54, 1.807) is 25.1 Å². The lowest BCUT2D eigenvalue weighted by molar-refractivity contribution is -0.143. The number of carbonyl (C=O) groups excluding carboxylic acids is 2. The molecule has 1 N–H and O–H groups in total. The van der Waals surface area contributed by atoms with E-state index in [1.165, 1.54) is 29.6 Å². The van der Waals surface area contributed by atoms with Crippen molar-refractivity contribution >= 4 is 44.8 Å². The van der Waals surface area contributed by atoms with Gasteiger partial charge in [0.05, 0.1) is 25.1 Å². The molecule has 2 aliphatic heterocycles. The van der Waals surface area contributed by atoms with Gasteiger partial charge >= 0.3 is 5.97 Å². The summed E-state index contributed by atoms with van der Waals surface area (Å²) in [4.78, 5) is 35.7. The first-order chi connectivity index (χ1) is 18.7. The van der Waals surface area contributed by atoms with Gasteiger partial charge < -0.3 is 14.8 Å². The summed E-state index contributed by atoms with van der Waals surface area (Å²) in [6.07, 6.45) is 2.91. The number of amidine groups is 1. The number of aliphatic imine (C=N–C) groups is 2. The molecule has 2 aromatic rings. The average molecular weight is 555 g/mol. The first-order valence-electron chi connectivity index (χ1n) is 13.1. The summed E-state index contributed by atoms with van der Waals surface area (Å²) in [7, 11) is -2.54. The molecule has 1 amide bonds. The third-order valence-corrected chi connectivity index (χ3v) is 8.91. The van der Waals surface area contributed by atoms with Crippen molar-refractivity contribution in [3.05, 3.63) is 48.0 Å². The Morgan fingerprint density at radius 1 is 1.08 bits per heavy atom. The number of nitrogens with one attached hydrogen (secondary N) is 1. The summed E-state index contributed by atoms with van der Waals surface area (Å²) < 4.78 is 39.4. The maximum atomic E-state index is 13.6. The van der Waals surface area contributed by atoms with Crippen LogP contribution in [-0.4, -0.2) is 62.5 Å². The van der Waals surface area contributed by atoms with Crippen LogP contribution in [0.25, 0.3) is 0 Å². The number of ether oxygens (including phenoxy) is 2. The van der Waals surface area contributed by atoms with E-state index in [4.69, 9.17) is 9.47 Å². The Kier molecular flexibility index (Phi) is 8.81. The molecule has 2 heterocycles. The maximum absolute atomic E-state index is 13.6. The summed E-state index contributed by atoms with van der Waals surface area (Å²) in [5, 5.41) is 2.75. The van der Waals surface area contributed by atoms with E-state index in [9.17, 15) is 18.0 Å². The zero-order valence-corrected chi connectivity index (χ0v) is 23.5. The lowest BCUT2D eigenvalue weighted by Crippen LogP contribution is -2.43. The minimum Gasteiger partial charge on any atom is -0.495 e. The van der Waals surface area contributed by atoms with Crippen molar-refractivity contribution in [3.8, 4) is 5.75 Å². The number of methoxy groups -OCH3 is 1. The van der Waals surface area contributed by atoms with Crippen LogP contribution in [0.2, 0.25) is 0 Å². The third-order valence-electron chi connectivity index (χ3n) is 6.87. The van der Waals surface area contributed by atoms with Crippen molar-refractivity contribution in [2.24, 2.45) is 15.9 Å².